The second kappa shape index (κ2) is 8.43. The van der Waals surface area contributed by atoms with Gasteiger partial charge in [0.05, 0.1) is 19.2 Å². The van der Waals surface area contributed by atoms with Crippen LogP contribution < -0.4 is 20.4 Å². The van der Waals surface area contributed by atoms with Gasteiger partial charge in [-0.25, -0.2) is 14.8 Å². The summed E-state index contributed by atoms with van der Waals surface area (Å²) < 4.78 is 16.3. The van der Waals surface area contributed by atoms with Gasteiger partial charge in [0.2, 0.25) is 5.91 Å². The molecule has 1 N–H and O–H groups in total. The Labute approximate surface area is 177 Å². The summed E-state index contributed by atoms with van der Waals surface area (Å²) in [5.41, 5.74) is 0.709. The molecule has 0 bridgehead atoms. The van der Waals surface area contributed by atoms with Crippen molar-refractivity contribution in [1.29, 1.82) is 0 Å². The Morgan fingerprint density at radius 3 is 2.55 bits per heavy atom. The maximum absolute atomic E-state index is 12.8. The molecule has 0 aliphatic rings. The molecule has 0 fully saturated rings. The summed E-state index contributed by atoms with van der Waals surface area (Å²) in [5.74, 6) is 1.33. The van der Waals surface area contributed by atoms with Gasteiger partial charge >= 0.3 is 5.63 Å². The molecule has 8 heteroatoms. The van der Waals surface area contributed by atoms with Gasteiger partial charge in [-0.15, -0.1) is 0 Å². The average Bonchev–Trinajstić information content (AvgIpc) is 2.79. The van der Waals surface area contributed by atoms with Crippen molar-refractivity contribution in [3.8, 4) is 22.9 Å². The number of hydrogen-bond acceptors (Lipinski definition) is 7. The number of nitrogens with zero attached hydrogens (tertiary/aromatic N) is 2. The topological polar surface area (TPSA) is 104 Å². The van der Waals surface area contributed by atoms with Gasteiger partial charge in [-0.1, -0.05) is 13.0 Å². The minimum Gasteiger partial charge on any atom is -0.494 e. The number of para-hydroxylation sites is 1. The van der Waals surface area contributed by atoms with Gasteiger partial charge in [0, 0.05) is 17.4 Å². The van der Waals surface area contributed by atoms with Crippen LogP contribution in [0.1, 0.15) is 20.3 Å². The van der Waals surface area contributed by atoms with E-state index in [1.165, 1.54) is 7.11 Å². The van der Waals surface area contributed by atoms with Crippen LogP contribution in [-0.2, 0) is 4.79 Å². The highest BCUT2D eigenvalue weighted by Gasteiger charge is 2.20. The summed E-state index contributed by atoms with van der Waals surface area (Å²) in [7, 11) is 1.50. The largest absolute Gasteiger partial charge is 0.494 e. The highest BCUT2D eigenvalue weighted by molar-refractivity contribution is 6.09. The van der Waals surface area contributed by atoms with Crippen LogP contribution >= 0.6 is 0 Å². The van der Waals surface area contributed by atoms with Crippen LogP contribution in [0.25, 0.3) is 33.3 Å². The number of rotatable bonds is 6. The quantitative estimate of drug-likeness (QED) is 0.370. The van der Waals surface area contributed by atoms with Crippen LogP contribution in [-0.4, -0.2) is 29.6 Å². The van der Waals surface area contributed by atoms with E-state index >= 15 is 0 Å². The first-order valence-corrected chi connectivity index (χ1v) is 9.90. The van der Waals surface area contributed by atoms with E-state index in [-0.39, 0.29) is 29.1 Å². The standard InChI is InChI=1S/C23H21N3O5/c1-4-17(27)24-22-18-19(15-7-6-8-16(29-3)20(15)31-23(18)28)25-21(26-22)13-9-11-14(12-10-13)30-5-2/h6-12H,4-5H2,1-3H3,(H,24,25,26,27). The molecule has 2 heterocycles. The first kappa shape index (κ1) is 20.3. The van der Waals surface area contributed by atoms with Crippen LogP contribution in [0.15, 0.2) is 51.7 Å². The number of aromatic nitrogens is 2. The minimum atomic E-state index is -0.656. The van der Waals surface area contributed by atoms with Crippen molar-refractivity contribution in [1.82, 2.24) is 9.97 Å². The molecule has 0 aliphatic carbocycles. The summed E-state index contributed by atoms with van der Waals surface area (Å²) in [6, 6.07) is 12.5. The molecule has 0 aliphatic heterocycles. The lowest BCUT2D eigenvalue weighted by atomic mass is 10.1. The van der Waals surface area contributed by atoms with Gasteiger partial charge in [-0.2, -0.15) is 0 Å². The summed E-state index contributed by atoms with van der Waals surface area (Å²) in [4.78, 5) is 34.1. The summed E-state index contributed by atoms with van der Waals surface area (Å²) in [6.07, 6.45) is 0.233. The number of benzene rings is 2. The molecule has 0 saturated carbocycles. The van der Waals surface area contributed by atoms with E-state index in [1.807, 2.05) is 31.2 Å². The predicted octanol–water partition coefficient (Wildman–Crippen LogP) is 4.16. The molecule has 0 saturated heterocycles. The molecule has 4 rings (SSSR count). The fraction of sp³-hybridized carbons (Fsp3) is 0.217. The zero-order valence-electron chi connectivity index (χ0n) is 17.4. The number of fused-ring (bicyclic) bond motifs is 3. The summed E-state index contributed by atoms with van der Waals surface area (Å²) >= 11 is 0. The highest BCUT2D eigenvalue weighted by atomic mass is 16.5. The van der Waals surface area contributed by atoms with Crippen molar-refractivity contribution < 1.29 is 18.7 Å². The van der Waals surface area contributed by atoms with Crippen LogP contribution in [0.3, 0.4) is 0 Å². The van der Waals surface area contributed by atoms with Crippen LogP contribution in [0.4, 0.5) is 5.82 Å². The number of carbonyl (C=O) groups is 1. The molecular formula is C23H21N3O5. The van der Waals surface area contributed by atoms with Crippen molar-refractivity contribution in [3.63, 3.8) is 0 Å². The molecular weight excluding hydrogens is 398 g/mol. The van der Waals surface area contributed by atoms with E-state index in [4.69, 9.17) is 13.9 Å². The summed E-state index contributed by atoms with van der Waals surface area (Å²) in [6.45, 7) is 4.19. The Morgan fingerprint density at radius 2 is 1.87 bits per heavy atom. The lowest BCUT2D eigenvalue weighted by Gasteiger charge is -2.12. The van der Waals surface area contributed by atoms with Crippen LogP contribution in [0.2, 0.25) is 0 Å². The molecule has 4 aromatic rings. The molecule has 0 spiro atoms. The number of carbonyl (C=O) groups excluding carboxylic acids is 1. The molecule has 2 aromatic heterocycles. The number of ether oxygens (including phenoxy) is 2. The van der Waals surface area contributed by atoms with E-state index < -0.39 is 5.63 Å². The van der Waals surface area contributed by atoms with Gasteiger partial charge in [0.25, 0.3) is 0 Å². The predicted molar refractivity (Wildman–Crippen MR) is 118 cm³/mol. The summed E-state index contributed by atoms with van der Waals surface area (Å²) in [5, 5.41) is 3.39. The van der Waals surface area contributed by atoms with E-state index in [0.717, 1.165) is 5.75 Å². The number of amides is 1. The number of hydrogen-bond donors (Lipinski definition) is 1. The molecule has 158 valence electrons. The highest BCUT2D eigenvalue weighted by Crippen LogP contribution is 2.32. The Kier molecular flexibility index (Phi) is 5.53. The SMILES string of the molecule is CCOc1ccc(-c2nc(NC(=O)CC)c3c(=O)oc4c(OC)cccc4c3n2)cc1. The minimum absolute atomic E-state index is 0.109. The third-order valence-corrected chi connectivity index (χ3v) is 4.76. The normalized spacial score (nSPS) is 10.9. The molecule has 0 unspecified atom stereocenters. The van der Waals surface area contributed by atoms with Crippen molar-refractivity contribution in [2.24, 2.45) is 0 Å². The van der Waals surface area contributed by atoms with Crippen molar-refractivity contribution in [3.05, 3.63) is 52.9 Å². The Morgan fingerprint density at radius 1 is 1.10 bits per heavy atom. The first-order valence-electron chi connectivity index (χ1n) is 9.90. The fourth-order valence-corrected chi connectivity index (χ4v) is 3.27. The van der Waals surface area contributed by atoms with Crippen molar-refractivity contribution in [2.45, 2.75) is 20.3 Å². The maximum Gasteiger partial charge on any atom is 0.349 e. The van der Waals surface area contributed by atoms with Gasteiger partial charge < -0.3 is 19.2 Å². The van der Waals surface area contributed by atoms with Gasteiger partial charge in [0.1, 0.15) is 11.1 Å². The average molecular weight is 419 g/mol. The fourth-order valence-electron chi connectivity index (χ4n) is 3.27. The molecule has 0 atom stereocenters. The lowest BCUT2D eigenvalue weighted by Crippen LogP contribution is -2.15. The zero-order chi connectivity index (χ0) is 22.0. The zero-order valence-corrected chi connectivity index (χ0v) is 17.4. The second-order valence-corrected chi connectivity index (χ2v) is 6.71. The Hall–Kier alpha value is -3.94. The number of nitrogens with one attached hydrogen (secondary N) is 1. The van der Waals surface area contributed by atoms with E-state index in [2.05, 4.69) is 15.3 Å². The second-order valence-electron chi connectivity index (χ2n) is 6.71. The van der Waals surface area contributed by atoms with Gasteiger partial charge in [0.15, 0.2) is 23.0 Å². The molecule has 8 nitrogen and oxygen atoms in total. The number of methoxy groups -OCH3 is 1. The van der Waals surface area contributed by atoms with Crippen LogP contribution in [0.5, 0.6) is 11.5 Å². The van der Waals surface area contributed by atoms with Gasteiger partial charge in [-0.05, 0) is 43.3 Å². The molecule has 1 amide bonds. The maximum atomic E-state index is 12.8. The van der Waals surface area contributed by atoms with Crippen molar-refractivity contribution >= 4 is 33.6 Å². The Balaban J connectivity index is 2.02. The third kappa shape index (κ3) is 3.79. The lowest BCUT2D eigenvalue weighted by molar-refractivity contribution is -0.115. The van der Waals surface area contributed by atoms with Crippen molar-refractivity contribution in [2.75, 3.05) is 19.0 Å². The molecule has 0 radical (unpaired) electrons. The number of anilines is 1. The monoisotopic (exact) mass is 419 g/mol. The van der Waals surface area contributed by atoms with Gasteiger partial charge in [-0.3, -0.25) is 4.79 Å². The van der Waals surface area contributed by atoms with E-state index in [0.29, 0.717) is 34.6 Å². The van der Waals surface area contributed by atoms with Crippen LogP contribution in [0, 0.1) is 0 Å². The van der Waals surface area contributed by atoms with E-state index in [1.54, 1.807) is 25.1 Å². The first-order chi connectivity index (χ1) is 15.0. The smallest absolute Gasteiger partial charge is 0.349 e. The third-order valence-electron chi connectivity index (χ3n) is 4.76. The molecule has 31 heavy (non-hydrogen) atoms. The van der Waals surface area contributed by atoms with E-state index in [9.17, 15) is 9.59 Å². The Bertz CT molecular complexity index is 1330. The molecule has 2 aromatic carbocycles.